The minimum atomic E-state index is -1.20. The van der Waals surface area contributed by atoms with Gasteiger partial charge in [-0.2, -0.15) is 0 Å². The van der Waals surface area contributed by atoms with Gasteiger partial charge in [-0.05, 0) is 30.0 Å². The van der Waals surface area contributed by atoms with E-state index in [1.165, 1.54) is 0 Å². The lowest BCUT2D eigenvalue weighted by Crippen LogP contribution is -2.56. The number of hydrogen-bond donors (Lipinski definition) is 2. The number of benzene rings is 3. The zero-order valence-electron chi connectivity index (χ0n) is 19.4. The van der Waals surface area contributed by atoms with Crippen molar-refractivity contribution < 1.29 is 19.4 Å². The van der Waals surface area contributed by atoms with E-state index in [0.717, 1.165) is 16.7 Å². The third-order valence-corrected chi connectivity index (χ3v) is 5.74. The highest BCUT2D eigenvalue weighted by atomic mass is 16.5. The summed E-state index contributed by atoms with van der Waals surface area (Å²) in [4.78, 5) is 26.1. The summed E-state index contributed by atoms with van der Waals surface area (Å²) < 4.78 is 5.16. The molecule has 0 heterocycles. The van der Waals surface area contributed by atoms with Crippen LogP contribution in [-0.2, 0) is 33.8 Å². The monoisotopic (exact) mass is 460 g/mol. The van der Waals surface area contributed by atoms with Gasteiger partial charge in [-0.25, -0.2) is 4.79 Å². The minimum absolute atomic E-state index is 0.156. The Morgan fingerprint density at radius 3 is 1.79 bits per heavy atom. The summed E-state index contributed by atoms with van der Waals surface area (Å²) in [5.41, 5.74) is 3.19. The molecule has 6 nitrogen and oxygen atoms in total. The van der Waals surface area contributed by atoms with Gasteiger partial charge in [0.25, 0.3) is 0 Å². The Hall–Kier alpha value is -3.48. The summed E-state index contributed by atoms with van der Waals surface area (Å²) in [6.07, 6.45) is -0.279. The first-order chi connectivity index (χ1) is 16.6. The topological polar surface area (TPSA) is 78.9 Å². The number of carbonyl (C=O) groups excluding carboxylic acids is 2. The third-order valence-electron chi connectivity index (χ3n) is 5.74. The van der Waals surface area contributed by atoms with Gasteiger partial charge in [-0.3, -0.25) is 9.69 Å². The lowest BCUT2D eigenvalue weighted by molar-refractivity contribution is -0.151. The summed E-state index contributed by atoms with van der Waals surface area (Å²) >= 11 is 0. The number of aliphatic hydroxyl groups excluding tert-OH is 1. The van der Waals surface area contributed by atoms with Crippen LogP contribution < -0.4 is 5.32 Å². The SMILES string of the molecule is CCOC(=O)C(NC=O)C(O)C(Cc1ccccc1)N(Cc1ccccc1)Cc1ccccc1. The molecule has 3 atom stereocenters. The van der Waals surface area contributed by atoms with Crippen LogP contribution in [0.2, 0.25) is 0 Å². The first kappa shape index (κ1) is 25.1. The molecule has 3 unspecified atom stereocenters. The molecule has 6 heteroatoms. The highest BCUT2D eigenvalue weighted by Crippen LogP contribution is 2.21. The number of amides is 1. The summed E-state index contributed by atoms with van der Waals surface area (Å²) in [5.74, 6) is -0.653. The molecule has 3 aromatic rings. The van der Waals surface area contributed by atoms with Gasteiger partial charge in [0, 0.05) is 19.1 Å². The molecule has 0 aliphatic carbocycles. The Balaban J connectivity index is 2.00. The van der Waals surface area contributed by atoms with E-state index in [-0.39, 0.29) is 6.61 Å². The molecule has 0 fully saturated rings. The van der Waals surface area contributed by atoms with E-state index in [4.69, 9.17) is 4.74 Å². The zero-order chi connectivity index (χ0) is 24.2. The lowest BCUT2D eigenvalue weighted by atomic mass is 9.93. The Bertz CT molecular complexity index is 957. The predicted molar refractivity (Wildman–Crippen MR) is 132 cm³/mol. The molecule has 3 aromatic carbocycles. The van der Waals surface area contributed by atoms with Crippen molar-refractivity contribution in [3.8, 4) is 0 Å². The van der Waals surface area contributed by atoms with Crippen LogP contribution in [0.15, 0.2) is 91.0 Å². The molecule has 0 saturated heterocycles. The quantitative estimate of drug-likeness (QED) is 0.302. The van der Waals surface area contributed by atoms with E-state index < -0.39 is 24.2 Å². The van der Waals surface area contributed by atoms with E-state index in [1.54, 1.807) is 6.92 Å². The Kier molecular flexibility index (Phi) is 9.82. The molecule has 0 aromatic heterocycles. The van der Waals surface area contributed by atoms with Crippen LogP contribution in [0.5, 0.6) is 0 Å². The molecule has 0 aliphatic rings. The average molecular weight is 461 g/mol. The van der Waals surface area contributed by atoms with Crippen molar-refractivity contribution in [1.82, 2.24) is 10.2 Å². The molecular weight excluding hydrogens is 428 g/mol. The second-order valence-corrected chi connectivity index (χ2v) is 8.14. The molecule has 0 bridgehead atoms. The van der Waals surface area contributed by atoms with Gasteiger partial charge in [0.1, 0.15) is 6.10 Å². The number of rotatable bonds is 13. The fourth-order valence-corrected chi connectivity index (χ4v) is 4.08. The number of hydrogen-bond acceptors (Lipinski definition) is 5. The number of nitrogens with zero attached hydrogens (tertiary/aromatic N) is 1. The van der Waals surface area contributed by atoms with Crippen molar-refractivity contribution in [2.75, 3.05) is 6.61 Å². The molecule has 2 N–H and O–H groups in total. The second-order valence-electron chi connectivity index (χ2n) is 8.14. The Morgan fingerprint density at radius 2 is 1.35 bits per heavy atom. The Labute approximate surface area is 201 Å². The summed E-state index contributed by atoms with van der Waals surface area (Å²) in [5, 5.41) is 14.0. The van der Waals surface area contributed by atoms with Crippen molar-refractivity contribution in [1.29, 1.82) is 0 Å². The highest BCUT2D eigenvalue weighted by molar-refractivity contribution is 5.79. The van der Waals surface area contributed by atoms with Crippen molar-refractivity contribution in [3.63, 3.8) is 0 Å². The van der Waals surface area contributed by atoms with Crippen LogP contribution >= 0.6 is 0 Å². The lowest BCUT2D eigenvalue weighted by Gasteiger charge is -2.37. The third kappa shape index (κ3) is 7.27. The maximum Gasteiger partial charge on any atom is 0.331 e. The fourth-order valence-electron chi connectivity index (χ4n) is 4.08. The molecule has 0 saturated carbocycles. The number of esters is 1. The smallest absolute Gasteiger partial charge is 0.331 e. The first-order valence-corrected chi connectivity index (χ1v) is 11.5. The van der Waals surface area contributed by atoms with Gasteiger partial charge in [0.05, 0.1) is 6.61 Å². The summed E-state index contributed by atoms with van der Waals surface area (Å²) in [6, 6.07) is 28.2. The normalized spacial score (nSPS) is 13.6. The van der Waals surface area contributed by atoms with Gasteiger partial charge in [0.2, 0.25) is 6.41 Å². The number of carbonyl (C=O) groups is 2. The molecule has 0 aliphatic heterocycles. The first-order valence-electron chi connectivity index (χ1n) is 11.5. The van der Waals surface area contributed by atoms with Crippen molar-refractivity contribution in [3.05, 3.63) is 108 Å². The largest absolute Gasteiger partial charge is 0.464 e. The number of nitrogens with one attached hydrogen (secondary N) is 1. The van der Waals surface area contributed by atoms with Gasteiger partial charge < -0.3 is 15.2 Å². The predicted octanol–water partition coefficient (Wildman–Crippen LogP) is 3.34. The van der Waals surface area contributed by atoms with Crippen LogP contribution in [-0.4, -0.2) is 47.2 Å². The Morgan fingerprint density at radius 1 is 0.882 bits per heavy atom. The molecule has 0 radical (unpaired) electrons. The summed E-state index contributed by atoms with van der Waals surface area (Å²) in [6.45, 7) is 2.96. The number of ether oxygens (including phenoxy) is 1. The van der Waals surface area contributed by atoms with Crippen molar-refractivity contribution in [2.45, 2.75) is 44.6 Å². The van der Waals surface area contributed by atoms with E-state index in [0.29, 0.717) is 25.9 Å². The van der Waals surface area contributed by atoms with E-state index in [9.17, 15) is 14.7 Å². The minimum Gasteiger partial charge on any atom is -0.464 e. The van der Waals surface area contributed by atoms with Crippen molar-refractivity contribution in [2.24, 2.45) is 0 Å². The van der Waals surface area contributed by atoms with E-state index >= 15 is 0 Å². The van der Waals surface area contributed by atoms with Crippen LogP contribution in [0, 0.1) is 0 Å². The molecule has 178 valence electrons. The molecule has 34 heavy (non-hydrogen) atoms. The van der Waals surface area contributed by atoms with E-state index in [2.05, 4.69) is 10.2 Å². The van der Waals surface area contributed by atoms with Gasteiger partial charge in [-0.15, -0.1) is 0 Å². The highest BCUT2D eigenvalue weighted by Gasteiger charge is 2.37. The van der Waals surface area contributed by atoms with Crippen LogP contribution in [0.4, 0.5) is 0 Å². The van der Waals surface area contributed by atoms with Gasteiger partial charge in [0.15, 0.2) is 6.04 Å². The van der Waals surface area contributed by atoms with Gasteiger partial charge >= 0.3 is 5.97 Å². The standard InChI is InChI=1S/C28H32N2O4/c1-2-34-28(33)26(29-21-31)27(32)25(18-22-12-6-3-7-13-22)30(19-23-14-8-4-9-15-23)20-24-16-10-5-11-17-24/h3-17,21,25-27,32H,2,18-20H2,1H3,(H,29,31). The van der Waals surface area contributed by atoms with Crippen LogP contribution in [0.25, 0.3) is 0 Å². The number of aliphatic hydroxyl groups is 1. The average Bonchev–Trinajstić information content (AvgIpc) is 2.87. The zero-order valence-corrected chi connectivity index (χ0v) is 19.4. The maximum absolute atomic E-state index is 12.6. The van der Waals surface area contributed by atoms with E-state index in [1.807, 2.05) is 91.0 Å². The fraction of sp³-hybridized carbons (Fsp3) is 0.286. The summed E-state index contributed by atoms with van der Waals surface area (Å²) in [7, 11) is 0. The molecular formula is C28H32N2O4. The molecule has 0 spiro atoms. The van der Waals surface area contributed by atoms with Crippen molar-refractivity contribution >= 4 is 12.4 Å². The van der Waals surface area contributed by atoms with Gasteiger partial charge in [-0.1, -0.05) is 91.0 Å². The maximum atomic E-state index is 12.6. The molecule has 3 rings (SSSR count). The van der Waals surface area contributed by atoms with Crippen LogP contribution in [0.3, 0.4) is 0 Å². The van der Waals surface area contributed by atoms with Crippen LogP contribution in [0.1, 0.15) is 23.6 Å². The second kappa shape index (κ2) is 13.3. The molecule has 1 amide bonds.